The normalized spacial score (nSPS) is 11.8. The molecule has 2 aromatic rings. The monoisotopic (exact) mass is 344 g/mol. The van der Waals surface area contributed by atoms with Crippen LogP contribution >= 0.6 is 0 Å². The molecule has 25 heavy (non-hydrogen) atoms. The van der Waals surface area contributed by atoms with Gasteiger partial charge in [-0.1, -0.05) is 43.7 Å². The lowest BCUT2D eigenvalue weighted by molar-refractivity contribution is -0.137. The first kappa shape index (κ1) is 18.5. The van der Waals surface area contributed by atoms with Crippen LogP contribution in [0.5, 0.6) is 0 Å². The second-order valence-corrected chi connectivity index (χ2v) is 6.03. The van der Waals surface area contributed by atoms with Gasteiger partial charge in [0.25, 0.3) is 0 Å². The molecule has 0 saturated carbocycles. The first-order valence-electron chi connectivity index (χ1n) is 8.32. The maximum absolute atomic E-state index is 12.3. The van der Waals surface area contributed by atoms with Gasteiger partial charge in [-0.2, -0.15) is 5.10 Å². The minimum absolute atomic E-state index is 0.0738. The number of carboxylic acids is 1. The average Bonchev–Trinajstić information content (AvgIpc) is 3.03. The van der Waals surface area contributed by atoms with Crippen molar-refractivity contribution in [2.24, 2.45) is 0 Å². The molecule has 0 aliphatic rings. The molecule has 0 radical (unpaired) electrons. The zero-order valence-corrected chi connectivity index (χ0v) is 14.5. The van der Waals surface area contributed by atoms with E-state index in [9.17, 15) is 9.59 Å². The Balaban J connectivity index is 1.94. The second-order valence-electron chi connectivity index (χ2n) is 6.03. The summed E-state index contributed by atoms with van der Waals surface area (Å²) >= 11 is 0. The number of aromatic amines is 1. The van der Waals surface area contributed by atoms with Crippen LogP contribution in [-0.4, -0.2) is 45.3 Å². The third-order valence-corrected chi connectivity index (χ3v) is 3.84. The molecule has 2 amide bonds. The highest BCUT2D eigenvalue weighted by molar-refractivity contribution is 5.75. The summed E-state index contributed by atoms with van der Waals surface area (Å²) in [5.74, 6) is -0.914. The summed E-state index contributed by atoms with van der Waals surface area (Å²) in [6.45, 7) is 2.32. The Bertz CT molecular complexity index is 699. The van der Waals surface area contributed by atoms with Crippen molar-refractivity contribution in [1.29, 1.82) is 0 Å². The van der Waals surface area contributed by atoms with Crippen LogP contribution in [0.4, 0.5) is 4.79 Å². The Kier molecular flexibility index (Phi) is 6.56. The van der Waals surface area contributed by atoms with E-state index in [0.717, 1.165) is 23.4 Å². The number of nitrogens with one attached hydrogen (secondary N) is 2. The number of carboxylic acid groups (broad SMARTS) is 1. The summed E-state index contributed by atoms with van der Waals surface area (Å²) in [4.78, 5) is 24.7. The number of urea groups is 1. The molecule has 1 atom stereocenters. The van der Waals surface area contributed by atoms with E-state index in [4.69, 9.17) is 5.11 Å². The van der Waals surface area contributed by atoms with E-state index < -0.39 is 5.97 Å². The Labute approximate surface area is 147 Å². The predicted molar refractivity (Wildman–Crippen MR) is 95.0 cm³/mol. The van der Waals surface area contributed by atoms with Crippen molar-refractivity contribution >= 4 is 12.0 Å². The minimum atomic E-state index is -0.914. The van der Waals surface area contributed by atoms with E-state index in [1.165, 1.54) is 4.90 Å². The molecule has 1 heterocycles. The second kappa shape index (κ2) is 8.86. The van der Waals surface area contributed by atoms with Gasteiger partial charge in [0.1, 0.15) is 0 Å². The highest BCUT2D eigenvalue weighted by Gasteiger charge is 2.18. The number of carbonyl (C=O) groups is 2. The molecule has 7 heteroatoms. The fraction of sp³-hybridized carbons (Fsp3) is 0.389. The third-order valence-electron chi connectivity index (χ3n) is 3.84. The number of H-pyrrole nitrogens is 1. The van der Waals surface area contributed by atoms with Gasteiger partial charge in [0, 0.05) is 18.7 Å². The quantitative estimate of drug-likeness (QED) is 0.686. The first-order valence-corrected chi connectivity index (χ1v) is 8.32. The van der Waals surface area contributed by atoms with Gasteiger partial charge in [0.2, 0.25) is 0 Å². The molecule has 0 bridgehead atoms. The topological polar surface area (TPSA) is 98.3 Å². The van der Waals surface area contributed by atoms with Gasteiger partial charge >= 0.3 is 12.0 Å². The van der Waals surface area contributed by atoms with Crippen molar-refractivity contribution in [3.8, 4) is 11.3 Å². The fourth-order valence-electron chi connectivity index (χ4n) is 2.60. The third kappa shape index (κ3) is 5.63. The highest BCUT2D eigenvalue weighted by Crippen LogP contribution is 2.17. The molecule has 2 rings (SSSR count). The number of amides is 2. The van der Waals surface area contributed by atoms with E-state index in [1.54, 1.807) is 7.05 Å². The SMILES string of the molecule is CCCC(CC(=O)O)NC(=O)N(C)Cc1cc(-c2ccccc2)n[nH]1. The molecule has 0 aliphatic heterocycles. The van der Waals surface area contributed by atoms with Gasteiger partial charge < -0.3 is 15.3 Å². The van der Waals surface area contributed by atoms with E-state index in [-0.39, 0.29) is 18.5 Å². The number of benzene rings is 1. The summed E-state index contributed by atoms with van der Waals surface area (Å²) in [5.41, 5.74) is 2.63. The maximum Gasteiger partial charge on any atom is 0.317 e. The van der Waals surface area contributed by atoms with Crippen molar-refractivity contribution in [3.05, 3.63) is 42.1 Å². The molecular weight excluding hydrogens is 320 g/mol. The van der Waals surface area contributed by atoms with E-state index in [2.05, 4.69) is 15.5 Å². The highest BCUT2D eigenvalue weighted by atomic mass is 16.4. The van der Waals surface area contributed by atoms with Crippen LogP contribution in [-0.2, 0) is 11.3 Å². The Hall–Kier alpha value is -2.83. The van der Waals surface area contributed by atoms with Crippen LogP contribution in [0.3, 0.4) is 0 Å². The molecule has 0 saturated heterocycles. The Morgan fingerprint density at radius 1 is 1.32 bits per heavy atom. The smallest absolute Gasteiger partial charge is 0.317 e. The lowest BCUT2D eigenvalue weighted by Gasteiger charge is -2.22. The molecule has 1 aromatic carbocycles. The van der Waals surface area contributed by atoms with Gasteiger partial charge in [-0.05, 0) is 12.5 Å². The fourth-order valence-corrected chi connectivity index (χ4v) is 2.60. The molecule has 7 nitrogen and oxygen atoms in total. The molecule has 0 spiro atoms. The largest absolute Gasteiger partial charge is 0.481 e. The molecule has 1 unspecified atom stereocenters. The van der Waals surface area contributed by atoms with Crippen LogP contribution in [0.25, 0.3) is 11.3 Å². The predicted octanol–water partition coefficient (Wildman–Crippen LogP) is 2.86. The molecule has 0 fully saturated rings. The van der Waals surface area contributed by atoms with Gasteiger partial charge in [-0.25, -0.2) is 4.79 Å². The van der Waals surface area contributed by atoms with Crippen LogP contribution in [0.2, 0.25) is 0 Å². The number of aliphatic carboxylic acids is 1. The molecule has 0 aliphatic carbocycles. The van der Waals surface area contributed by atoms with E-state index >= 15 is 0 Å². The lowest BCUT2D eigenvalue weighted by Crippen LogP contribution is -2.43. The summed E-state index contributed by atoms with van der Waals surface area (Å²) in [5, 5.41) is 18.9. The lowest BCUT2D eigenvalue weighted by atomic mass is 10.1. The Morgan fingerprint density at radius 2 is 2.04 bits per heavy atom. The van der Waals surface area contributed by atoms with Crippen LogP contribution in [0.15, 0.2) is 36.4 Å². The number of aromatic nitrogens is 2. The summed E-state index contributed by atoms with van der Waals surface area (Å²) in [6.07, 6.45) is 1.37. The zero-order chi connectivity index (χ0) is 18.2. The summed E-state index contributed by atoms with van der Waals surface area (Å²) in [7, 11) is 1.67. The molecular formula is C18H24N4O3. The molecule has 1 aromatic heterocycles. The van der Waals surface area contributed by atoms with E-state index in [0.29, 0.717) is 13.0 Å². The zero-order valence-electron chi connectivity index (χ0n) is 14.5. The summed E-state index contributed by atoms with van der Waals surface area (Å²) < 4.78 is 0. The Morgan fingerprint density at radius 3 is 2.68 bits per heavy atom. The van der Waals surface area contributed by atoms with Crippen molar-refractivity contribution < 1.29 is 14.7 Å². The van der Waals surface area contributed by atoms with Crippen LogP contribution in [0.1, 0.15) is 31.9 Å². The number of rotatable bonds is 8. The van der Waals surface area contributed by atoms with Gasteiger partial charge in [-0.15, -0.1) is 0 Å². The van der Waals surface area contributed by atoms with Gasteiger partial charge in [-0.3, -0.25) is 9.89 Å². The average molecular weight is 344 g/mol. The molecule has 3 N–H and O–H groups in total. The van der Waals surface area contributed by atoms with Crippen LogP contribution < -0.4 is 5.32 Å². The van der Waals surface area contributed by atoms with Gasteiger partial charge in [0.05, 0.1) is 24.4 Å². The van der Waals surface area contributed by atoms with Crippen molar-refractivity contribution in [2.75, 3.05) is 7.05 Å². The van der Waals surface area contributed by atoms with Crippen molar-refractivity contribution in [2.45, 2.75) is 38.8 Å². The van der Waals surface area contributed by atoms with Crippen LogP contribution in [0, 0.1) is 0 Å². The van der Waals surface area contributed by atoms with E-state index in [1.807, 2.05) is 43.3 Å². The van der Waals surface area contributed by atoms with Gasteiger partial charge in [0.15, 0.2) is 0 Å². The maximum atomic E-state index is 12.3. The number of nitrogens with zero attached hydrogens (tertiary/aromatic N) is 2. The number of carbonyl (C=O) groups excluding carboxylic acids is 1. The van der Waals surface area contributed by atoms with Crippen molar-refractivity contribution in [3.63, 3.8) is 0 Å². The minimum Gasteiger partial charge on any atom is -0.481 e. The number of hydrogen-bond acceptors (Lipinski definition) is 3. The van der Waals surface area contributed by atoms with Crippen molar-refractivity contribution in [1.82, 2.24) is 20.4 Å². The number of hydrogen-bond donors (Lipinski definition) is 3. The first-order chi connectivity index (χ1) is 12.0. The summed E-state index contributed by atoms with van der Waals surface area (Å²) in [6, 6.07) is 11.0. The molecule has 134 valence electrons. The standard InChI is InChI=1S/C18H24N4O3/c1-3-7-14(11-17(23)24)19-18(25)22(2)12-15-10-16(21-20-15)13-8-5-4-6-9-13/h4-6,8-10,14H,3,7,11-12H2,1-2H3,(H,19,25)(H,20,21)(H,23,24).